The Morgan fingerprint density at radius 3 is 2.81 bits per heavy atom. The molecule has 2 bridgehead atoms. The minimum Gasteiger partial charge on any atom is -0.350 e. The number of rotatable bonds is 3. The van der Waals surface area contributed by atoms with Crippen molar-refractivity contribution in [2.75, 3.05) is 26.2 Å². The molecule has 2 N–H and O–H groups in total. The van der Waals surface area contributed by atoms with E-state index >= 15 is 0 Å². The van der Waals surface area contributed by atoms with Gasteiger partial charge in [0.05, 0.1) is 16.6 Å². The number of aromatic nitrogens is 3. The lowest BCUT2D eigenvalue weighted by atomic mass is 9.73. The van der Waals surface area contributed by atoms with Gasteiger partial charge in [-0.05, 0) is 70.6 Å². The van der Waals surface area contributed by atoms with Gasteiger partial charge in [-0.2, -0.15) is 5.10 Å². The number of pyridine rings is 1. The maximum absolute atomic E-state index is 13.2. The van der Waals surface area contributed by atoms with Crippen LogP contribution in [-0.2, 0) is 7.05 Å². The first-order valence-corrected chi connectivity index (χ1v) is 11.1. The van der Waals surface area contributed by atoms with Crippen molar-refractivity contribution in [2.24, 2.45) is 18.9 Å². The molecule has 5 rings (SSSR count). The summed E-state index contributed by atoms with van der Waals surface area (Å²) in [6.07, 6.45) is 5.24. The quantitative estimate of drug-likeness (QED) is 0.723. The molecule has 3 aliphatic rings. The van der Waals surface area contributed by atoms with Gasteiger partial charge in [0, 0.05) is 31.4 Å². The fourth-order valence-corrected chi connectivity index (χ4v) is 6.09. The molecule has 5 heterocycles. The minimum atomic E-state index is -0.00366. The van der Waals surface area contributed by atoms with Crippen LogP contribution in [0.25, 0.3) is 11.0 Å². The Morgan fingerprint density at radius 1 is 1.23 bits per heavy atom. The molecule has 0 unspecified atom stereocenters. The van der Waals surface area contributed by atoms with Crippen molar-refractivity contribution in [3.05, 3.63) is 23.0 Å². The molecule has 31 heavy (non-hydrogen) atoms. The van der Waals surface area contributed by atoms with Crippen LogP contribution in [0.2, 0.25) is 0 Å². The Labute approximate surface area is 196 Å². The van der Waals surface area contributed by atoms with Crippen molar-refractivity contribution in [3.8, 4) is 0 Å². The number of hydrogen-bond donors (Lipinski definition) is 2. The van der Waals surface area contributed by atoms with Gasteiger partial charge in [-0.1, -0.05) is 6.42 Å². The van der Waals surface area contributed by atoms with Gasteiger partial charge in [-0.3, -0.25) is 14.4 Å². The number of fused-ring (bicyclic) bond motifs is 5. The van der Waals surface area contributed by atoms with Crippen LogP contribution in [0.4, 0.5) is 0 Å². The molecular formula is C22H34Cl2N6O. The minimum absolute atomic E-state index is 0. The van der Waals surface area contributed by atoms with E-state index in [1.54, 1.807) is 4.68 Å². The van der Waals surface area contributed by atoms with E-state index in [2.05, 4.69) is 25.6 Å². The number of halogens is 2. The highest BCUT2D eigenvalue weighted by molar-refractivity contribution is 6.06. The van der Waals surface area contributed by atoms with Crippen LogP contribution in [0.3, 0.4) is 0 Å². The van der Waals surface area contributed by atoms with Crippen LogP contribution in [0.5, 0.6) is 0 Å². The lowest BCUT2D eigenvalue weighted by molar-refractivity contribution is -0.0371. The van der Waals surface area contributed by atoms with Crippen LogP contribution in [0.15, 0.2) is 6.07 Å². The second kappa shape index (κ2) is 9.61. The van der Waals surface area contributed by atoms with E-state index in [-0.39, 0.29) is 30.7 Å². The highest BCUT2D eigenvalue weighted by Crippen LogP contribution is 2.38. The number of carbonyl (C=O) groups is 1. The number of nitrogens with one attached hydrogen (secondary N) is 2. The summed E-state index contributed by atoms with van der Waals surface area (Å²) in [6.45, 7) is 8.01. The van der Waals surface area contributed by atoms with Gasteiger partial charge in [0.15, 0.2) is 5.65 Å². The van der Waals surface area contributed by atoms with E-state index in [0.717, 1.165) is 48.0 Å². The van der Waals surface area contributed by atoms with Gasteiger partial charge in [0.1, 0.15) is 0 Å². The van der Waals surface area contributed by atoms with E-state index in [1.807, 2.05) is 27.0 Å². The Bertz CT molecular complexity index is 948. The number of piperidine rings is 3. The van der Waals surface area contributed by atoms with Gasteiger partial charge in [0.2, 0.25) is 0 Å². The predicted octanol–water partition coefficient (Wildman–Crippen LogP) is 2.62. The second-order valence-electron chi connectivity index (χ2n) is 9.21. The molecule has 0 aliphatic carbocycles. The van der Waals surface area contributed by atoms with Crippen molar-refractivity contribution >= 4 is 41.8 Å². The Morgan fingerprint density at radius 2 is 2.00 bits per heavy atom. The molecule has 3 fully saturated rings. The monoisotopic (exact) mass is 468 g/mol. The van der Waals surface area contributed by atoms with Gasteiger partial charge >= 0.3 is 0 Å². The first-order chi connectivity index (χ1) is 14.0. The first kappa shape index (κ1) is 24.2. The van der Waals surface area contributed by atoms with Gasteiger partial charge < -0.3 is 10.6 Å². The molecule has 3 aliphatic heterocycles. The van der Waals surface area contributed by atoms with Crippen molar-refractivity contribution in [3.63, 3.8) is 0 Å². The lowest BCUT2D eigenvalue weighted by Crippen LogP contribution is -2.65. The zero-order valence-electron chi connectivity index (χ0n) is 18.6. The zero-order chi connectivity index (χ0) is 20.1. The molecule has 4 atom stereocenters. The van der Waals surface area contributed by atoms with E-state index < -0.39 is 0 Å². The number of hydrogen-bond acceptors (Lipinski definition) is 5. The van der Waals surface area contributed by atoms with Gasteiger partial charge in [-0.25, -0.2) is 4.98 Å². The molecule has 2 aromatic heterocycles. The van der Waals surface area contributed by atoms with Crippen molar-refractivity contribution < 1.29 is 4.79 Å². The standard InChI is InChI=1S/C22H32N6O.2ClH/c1-13-8-17(20-14(2)26-27(3)21(20)25-13)22(29)24-12-19-16-9-15(10-23-11-16)18-6-4-5-7-28(18)19;;/h8,15-16,18-19,23H,4-7,9-12H2,1-3H3,(H,24,29);2*1H/t15-,16+,18+,19+;;/m1../s1. The van der Waals surface area contributed by atoms with Crippen LogP contribution in [0.1, 0.15) is 47.4 Å². The Balaban J connectivity index is 0.00000136. The molecule has 0 spiro atoms. The SMILES string of the molecule is Cc1cc(C(=O)NC[C@H]2[C@@H]3CNC[C@@H](C3)[C@@H]3CCCCN32)c2c(C)nn(C)c2n1.Cl.Cl. The summed E-state index contributed by atoms with van der Waals surface area (Å²) in [7, 11) is 1.88. The smallest absolute Gasteiger partial charge is 0.252 e. The van der Waals surface area contributed by atoms with Crippen LogP contribution >= 0.6 is 24.8 Å². The summed E-state index contributed by atoms with van der Waals surface area (Å²) in [5.74, 6) is 1.40. The Hall–Kier alpha value is -1.41. The molecule has 0 aromatic carbocycles. The van der Waals surface area contributed by atoms with Crippen molar-refractivity contribution in [2.45, 2.75) is 51.6 Å². The number of aryl methyl sites for hydroxylation is 3. The predicted molar refractivity (Wildman–Crippen MR) is 127 cm³/mol. The van der Waals surface area contributed by atoms with Crippen molar-refractivity contribution in [1.82, 2.24) is 30.3 Å². The molecule has 3 saturated heterocycles. The fourth-order valence-electron chi connectivity index (χ4n) is 6.09. The van der Waals surface area contributed by atoms with E-state index in [0.29, 0.717) is 23.6 Å². The molecule has 2 aromatic rings. The highest BCUT2D eigenvalue weighted by atomic mass is 35.5. The summed E-state index contributed by atoms with van der Waals surface area (Å²) >= 11 is 0. The summed E-state index contributed by atoms with van der Waals surface area (Å²) in [5.41, 5.74) is 3.18. The zero-order valence-corrected chi connectivity index (χ0v) is 20.2. The van der Waals surface area contributed by atoms with Crippen LogP contribution in [0, 0.1) is 25.7 Å². The van der Waals surface area contributed by atoms with Crippen LogP contribution in [-0.4, -0.2) is 63.8 Å². The summed E-state index contributed by atoms with van der Waals surface area (Å²) in [5, 5.41) is 12.3. The molecular weight excluding hydrogens is 435 g/mol. The van der Waals surface area contributed by atoms with Crippen molar-refractivity contribution in [1.29, 1.82) is 0 Å². The average molecular weight is 469 g/mol. The largest absolute Gasteiger partial charge is 0.350 e. The second-order valence-corrected chi connectivity index (χ2v) is 9.21. The fraction of sp³-hybridized carbons (Fsp3) is 0.682. The molecule has 7 nitrogen and oxygen atoms in total. The third kappa shape index (κ3) is 4.30. The first-order valence-electron chi connectivity index (χ1n) is 11.1. The van der Waals surface area contributed by atoms with Crippen LogP contribution < -0.4 is 10.6 Å². The van der Waals surface area contributed by atoms with E-state index in [1.165, 1.54) is 32.2 Å². The Kier molecular flexibility index (Phi) is 7.51. The lowest BCUT2D eigenvalue weighted by Gasteiger charge is -2.55. The molecule has 9 heteroatoms. The number of carbonyl (C=O) groups excluding carboxylic acids is 1. The van der Waals surface area contributed by atoms with Gasteiger partial charge in [0.25, 0.3) is 5.91 Å². The third-order valence-electron chi connectivity index (χ3n) is 7.34. The average Bonchev–Trinajstić information content (AvgIpc) is 3.01. The summed E-state index contributed by atoms with van der Waals surface area (Å²) in [6, 6.07) is 3.02. The number of amides is 1. The maximum atomic E-state index is 13.2. The van der Waals surface area contributed by atoms with E-state index in [4.69, 9.17) is 0 Å². The molecule has 172 valence electrons. The normalized spacial score (nSPS) is 27.7. The summed E-state index contributed by atoms with van der Waals surface area (Å²) < 4.78 is 1.77. The maximum Gasteiger partial charge on any atom is 0.252 e. The number of nitrogens with zero attached hydrogens (tertiary/aromatic N) is 4. The summed E-state index contributed by atoms with van der Waals surface area (Å²) in [4.78, 5) is 20.6. The molecule has 1 amide bonds. The topological polar surface area (TPSA) is 75.1 Å². The van der Waals surface area contributed by atoms with Gasteiger partial charge in [-0.15, -0.1) is 24.8 Å². The molecule has 0 radical (unpaired) electrons. The molecule has 0 saturated carbocycles. The van der Waals surface area contributed by atoms with E-state index in [9.17, 15) is 4.79 Å². The highest BCUT2D eigenvalue weighted by Gasteiger charge is 2.45. The third-order valence-corrected chi connectivity index (χ3v) is 7.34.